The van der Waals surface area contributed by atoms with Crippen molar-refractivity contribution >= 4 is 23.5 Å². The third kappa shape index (κ3) is 4.40. The Kier molecular flexibility index (Phi) is 5.50. The highest BCUT2D eigenvalue weighted by Gasteiger charge is 2.00. The molecule has 16 heavy (non-hydrogen) atoms. The Morgan fingerprint density at radius 3 is 2.75 bits per heavy atom. The van der Waals surface area contributed by atoms with E-state index < -0.39 is 0 Å². The number of nitrogens with one attached hydrogen (secondary N) is 2. The number of thiocarbonyl (C=S) groups is 1. The first-order valence-electron chi connectivity index (χ1n) is 5.36. The molecule has 0 radical (unpaired) electrons. The lowest BCUT2D eigenvalue weighted by Gasteiger charge is -2.06. The van der Waals surface area contributed by atoms with Crippen molar-refractivity contribution in [3.8, 4) is 0 Å². The maximum atomic E-state index is 4.99. The second kappa shape index (κ2) is 6.95. The van der Waals surface area contributed by atoms with E-state index in [0.717, 1.165) is 6.54 Å². The molecule has 0 aromatic heterocycles. The monoisotopic (exact) mass is 235 g/mol. The van der Waals surface area contributed by atoms with Crippen LogP contribution in [0.25, 0.3) is 0 Å². The van der Waals surface area contributed by atoms with Crippen LogP contribution in [0.2, 0.25) is 0 Å². The Balaban J connectivity index is 2.43. The van der Waals surface area contributed by atoms with Crippen molar-refractivity contribution in [1.82, 2.24) is 10.7 Å². The standard InChI is InChI=1S/C12H17N3S/c1-3-13-12(16)15-14-9-10(2)11-7-5-4-6-8-11/h4-10H,3H2,1-2H3,(H2,13,15,16)/b14-9-/t10-/m0/s1. The smallest absolute Gasteiger partial charge is 0.186 e. The molecule has 0 unspecified atom stereocenters. The van der Waals surface area contributed by atoms with Gasteiger partial charge in [-0.05, 0) is 24.7 Å². The van der Waals surface area contributed by atoms with Gasteiger partial charge >= 0.3 is 0 Å². The van der Waals surface area contributed by atoms with E-state index in [0.29, 0.717) is 5.11 Å². The Bertz CT molecular complexity index is 349. The molecule has 3 nitrogen and oxygen atoms in total. The first kappa shape index (κ1) is 12.6. The predicted octanol–water partition coefficient (Wildman–Crippen LogP) is 2.26. The van der Waals surface area contributed by atoms with Crippen molar-refractivity contribution in [2.24, 2.45) is 5.10 Å². The van der Waals surface area contributed by atoms with Gasteiger partial charge in [-0.3, -0.25) is 5.43 Å². The molecule has 4 heteroatoms. The average Bonchev–Trinajstić information content (AvgIpc) is 2.30. The molecule has 1 aromatic rings. The molecule has 2 N–H and O–H groups in total. The Morgan fingerprint density at radius 1 is 1.44 bits per heavy atom. The summed E-state index contributed by atoms with van der Waals surface area (Å²) < 4.78 is 0. The molecule has 0 amide bonds. The average molecular weight is 235 g/mol. The number of hydrogen-bond acceptors (Lipinski definition) is 2. The molecule has 0 spiro atoms. The topological polar surface area (TPSA) is 36.4 Å². The molecule has 0 aliphatic heterocycles. The quantitative estimate of drug-likeness (QED) is 0.477. The van der Waals surface area contributed by atoms with E-state index in [2.05, 4.69) is 34.9 Å². The van der Waals surface area contributed by atoms with E-state index in [1.165, 1.54) is 5.56 Å². The van der Waals surface area contributed by atoms with Gasteiger partial charge in [0.15, 0.2) is 5.11 Å². The van der Waals surface area contributed by atoms with Crippen LogP contribution in [-0.4, -0.2) is 17.9 Å². The zero-order valence-corrected chi connectivity index (χ0v) is 10.4. The van der Waals surface area contributed by atoms with Crippen LogP contribution >= 0.6 is 12.2 Å². The molecule has 0 aliphatic carbocycles. The second-order valence-electron chi connectivity index (χ2n) is 3.45. The van der Waals surface area contributed by atoms with Crippen molar-refractivity contribution in [2.45, 2.75) is 19.8 Å². The van der Waals surface area contributed by atoms with Gasteiger partial charge < -0.3 is 5.32 Å². The van der Waals surface area contributed by atoms with Gasteiger partial charge in [0, 0.05) is 18.7 Å². The van der Waals surface area contributed by atoms with Crippen LogP contribution in [0.15, 0.2) is 35.4 Å². The molecule has 0 saturated carbocycles. The molecule has 1 rings (SSSR count). The van der Waals surface area contributed by atoms with Crippen LogP contribution in [0.4, 0.5) is 0 Å². The molecule has 1 atom stereocenters. The molecule has 0 bridgehead atoms. The minimum Gasteiger partial charge on any atom is -0.362 e. The highest BCUT2D eigenvalue weighted by atomic mass is 32.1. The number of nitrogens with zero attached hydrogens (tertiary/aromatic N) is 1. The Morgan fingerprint density at radius 2 is 2.12 bits per heavy atom. The first-order chi connectivity index (χ1) is 7.74. The lowest BCUT2D eigenvalue weighted by Crippen LogP contribution is -2.31. The van der Waals surface area contributed by atoms with Crippen molar-refractivity contribution in [2.75, 3.05) is 6.54 Å². The zero-order chi connectivity index (χ0) is 11.8. The fourth-order valence-electron chi connectivity index (χ4n) is 1.25. The Hall–Kier alpha value is -1.42. The van der Waals surface area contributed by atoms with Crippen LogP contribution < -0.4 is 10.7 Å². The Labute approximate surface area is 102 Å². The lowest BCUT2D eigenvalue weighted by atomic mass is 10.0. The van der Waals surface area contributed by atoms with Crippen molar-refractivity contribution in [1.29, 1.82) is 0 Å². The minimum atomic E-state index is 0.276. The van der Waals surface area contributed by atoms with Crippen LogP contribution in [0.1, 0.15) is 25.3 Å². The summed E-state index contributed by atoms with van der Waals surface area (Å²) in [6, 6.07) is 10.2. The summed E-state index contributed by atoms with van der Waals surface area (Å²) in [7, 11) is 0. The highest BCUT2D eigenvalue weighted by Crippen LogP contribution is 2.11. The fourth-order valence-corrected chi connectivity index (χ4v) is 1.45. The summed E-state index contributed by atoms with van der Waals surface area (Å²) in [4.78, 5) is 0. The largest absolute Gasteiger partial charge is 0.362 e. The second-order valence-corrected chi connectivity index (χ2v) is 3.86. The number of hydrogen-bond donors (Lipinski definition) is 2. The maximum Gasteiger partial charge on any atom is 0.186 e. The normalized spacial score (nSPS) is 12.4. The molecule has 0 aliphatic rings. The summed E-state index contributed by atoms with van der Waals surface area (Å²) in [6.45, 7) is 4.89. The molecule has 0 saturated heterocycles. The van der Waals surface area contributed by atoms with E-state index in [9.17, 15) is 0 Å². The minimum absolute atomic E-state index is 0.276. The van der Waals surface area contributed by atoms with Gasteiger partial charge in [-0.15, -0.1) is 0 Å². The summed E-state index contributed by atoms with van der Waals surface area (Å²) >= 11 is 4.99. The van der Waals surface area contributed by atoms with Crippen LogP contribution in [0, 0.1) is 0 Å². The zero-order valence-electron chi connectivity index (χ0n) is 9.60. The van der Waals surface area contributed by atoms with Gasteiger partial charge in [0.2, 0.25) is 0 Å². The van der Waals surface area contributed by atoms with Crippen molar-refractivity contribution in [3.05, 3.63) is 35.9 Å². The van der Waals surface area contributed by atoms with Crippen molar-refractivity contribution in [3.63, 3.8) is 0 Å². The van der Waals surface area contributed by atoms with E-state index >= 15 is 0 Å². The van der Waals surface area contributed by atoms with Crippen molar-refractivity contribution < 1.29 is 0 Å². The summed E-state index contributed by atoms with van der Waals surface area (Å²) in [6.07, 6.45) is 1.85. The van der Waals surface area contributed by atoms with E-state index in [1.54, 1.807) is 0 Å². The van der Waals surface area contributed by atoms with E-state index in [-0.39, 0.29) is 5.92 Å². The molecule has 1 aromatic carbocycles. The molecular formula is C12H17N3S. The van der Waals surface area contributed by atoms with E-state index in [4.69, 9.17) is 12.2 Å². The third-order valence-electron chi connectivity index (χ3n) is 2.13. The number of rotatable bonds is 4. The molecule has 0 fully saturated rings. The van der Waals surface area contributed by atoms with Gasteiger partial charge in [0.25, 0.3) is 0 Å². The van der Waals surface area contributed by atoms with Gasteiger partial charge in [-0.1, -0.05) is 37.3 Å². The molecular weight excluding hydrogens is 218 g/mol. The SMILES string of the molecule is CCNC(=S)N/N=C\[C@H](C)c1ccccc1. The number of benzene rings is 1. The summed E-state index contributed by atoms with van der Waals surface area (Å²) in [5.41, 5.74) is 4.01. The summed E-state index contributed by atoms with van der Waals surface area (Å²) in [5, 5.41) is 7.61. The van der Waals surface area contributed by atoms with Crippen LogP contribution in [0.5, 0.6) is 0 Å². The summed E-state index contributed by atoms with van der Waals surface area (Å²) in [5.74, 6) is 0.276. The molecule has 0 heterocycles. The van der Waals surface area contributed by atoms with Gasteiger partial charge in [-0.25, -0.2) is 0 Å². The fraction of sp³-hybridized carbons (Fsp3) is 0.333. The third-order valence-corrected chi connectivity index (χ3v) is 2.36. The van der Waals surface area contributed by atoms with Crippen LogP contribution in [-0.2, 0) is 0 Å². The highest BCUT2D eigenvalue weighted by molar-refractivity contribution is 7.80. The van der Waals surface area contributed by atoms with Crippen LogP contribution in [0.3, 0.4) is 0 Å². The van der Waals surface area contributed by atoms with Gasteiger partial charge in [-0.2, -0.15) is 5.10 Å². The van der Waals surface area contributed by atoms with Gasteiger partial charge in [0.05, 0.1) is 0 Å². The predicted molar refractivity (Wildman–Crippen MR) is 72.8 cm³/mol. The first-order valence-corrected chi connectivity index (χ1v) is 5.76. The number of hydrazone groups is 1. The maximum absolute atomic E-state index is 4.99. The lowest BCUT2D eigenvalue weighted by molar-refractivity contribution is 0.895. The van der Waals surface area contributed by atoms with Gasteiger partial charge in [0.1, 0.15) is 0 Å². The van der Waals surface area contributed by atoms with E-state index in [1.807, 2.05) is 31.3 Å². The molecule has 86 valence electrons.